The molecule has 7 nitrogen and oxygen atoms in total. The third-order valence-electron chi connectivity index (χ3n) is 3.48. The third-order valence-corrected chi connectivity index (χ3v) is 5.32. The largest absolute Gasteiger partial charge is 0.465 e. The summed E-state index contributed by atoms with van der Waals surface area (Å²) in [6, 6.07) is 9.83. The van der Waals surface area contributed by atoms with Gasteiger partial charge in [0.15, 0.2) is 0 Å². The molecule has 1 amide bonds. The number of hydrogen-bond acceptors (Lipinski definition) is 5. The van der Waals surface area contributed by atoms with Crippen molar-refractivity contribution in [3.63, 3.8) is 0 Å². The van der Waals surface area contributed by atoms with Gasteiger partial charge in [-0.25, -0.2) is 13.2 Å². The molecule has 0 atom stereocenters. The van der Waals surface area contributed by atoms with Crippen LogP contribution in [0.25, 0.3) is 0 Å². The smallest absolute Gasteiger partial charge is 0.337 e. The summed E-state index contributed by atoms with van der Waals surface area (Å²) in [6.45, 7) is 3.59. The molecular weight excluding hydrogens is 392 g/mol. The molecule has 2 rings (SSSR count). The first-order valence-electron chi connectivity index (χ1n) is 7.96. The maximum absolute atomic E-state index is 12.8. The Labute approximate surface area is 162 Å². The van der Waals surface area contributed by atoms with Crippen molar-refractivity contribution < 1.29 is 22.7 Å². The van der Waals surface area contributed by atoms with Crippen molar-refractivity contribution in [2.24, 2.45) is 0 Å². The van der Waals surface area contributed by atoms with Gasteiger partial charge in [0, 0.05) is 6.04 Å². The van der Waals surface area contributed by atoms with Crippen LogP contribution in [0.4, 0.5) is 5.69 Å². The Bertz CT molecular complexity index is 973. The van der Waals surface area contributed by atoms with Gasteiger partial charge in [0.2, 0.25) is 0 Å². The summed E-state index contributed by atoms with van der Waals surface area (Å²) in [5.41, 5.74) is 0.290. The minimum atomic E-state index is -4.16. The number of sulfonamides is 1. The SMILES string of the molecule is COC(=O)c1ccc(Cl)c(S(=O)(=O)Nc2ccccc2C(=O)NC(C)C)c1. The van der Waals surface area contributed by atoms with Gasteiger partial charge in [-0.3, -0.25) is 9.52 Å². The fraction of sp³-hybridized carbons (Fsp3) is 0.222. The van der Waals surface area contributed by atoms with Crippen LogP contribution < -0.4 is 10.0 Å². The number of ether oxygens (including phenoxy) is 1. The summed E-state index contributed by atoms with van der Waals surface area (Å²) in [6.07, 6.45) is 0. The monoisotopic (exact) mass is 410 g/mol. The molecule has 0 spiro atoms. The molecule has 0 bridgehead atoms. The van der Waals surface area contributed by atoms with E-state index in [0.29, 0.717) is 0 Å². The fourth-order valence-electron chi connectivity index (χ4n) is 2.26. The summed E-state index contributed by atoms with van der Waals surface area (Å²) < 4.78 is 32.6. The highest BCUT2D eigenvalue weighted by Gasteiger charge is 2.23. The highest BCUT2D eigenvalue weighted by molar-refractivity contribution is 7.92. The zero-order valence-corrected chi connectivity index (χ0v) is 16.5. The molecule has 9 heteroatoms. The highest BCUT2D eigenvalue weighted by Crippen LogP contribution is 2.26. The predicted octanol–water partition coefficient (Wildman–Crippen LogP) is 3.07. The average molecular weight is 411 g/mol. The van der Waals surface area contributed by atoms with Gasteiger partial charge in [-0.1, -0.05) is 23.7 Å². The molecular formula is C18H19ClN2O5S. The zero-order chi connectivity index (χ0) is 20.2. The summed E-state index contributed by atoms with van der Waals surface area (Å²) in [5.74, 6) is -1.11. The Morgan fingerprint density at radius 3 is 2.41 bits per heavy atom. The van der Waals surface area contributed by atoms with E-state index in [-0.39, 0.29) is 32.8 Å². The van der Waals surface area contributed by atoms with Gasteiger partial charge in [0.05, 0.1) is 28.9 Å². The quantitative estimate of drug-likeness (QED) is 0.712. The van der Waals surface area contributed by atoms with Crippen molar-refractivity contribution in [3.05, 3.63) is 58.6 Å². The van der Waals surface area contributed by atoms with Gasteiger partial charge in [-0.05, 0) is 44.2 Å². The molecule has 0 fully saturated rings. The van der Waals surface area contributed by atoms with E-state index >= 15 is 0 Å². The van der Waals surface area contributed by atoms with Crippen LogP contribution in [-0.4, -0.2) is 33.4 Å². The summed E-state index contributed by atoms with van der Waals surface area (Å²) in [4.78, 5) is 23.7. The van der Waals surface area contributed by atoms with Crippen LogP contribution in [0.5, 0.6) is 0 Å². The number of para-hydroxylation sites is 1. The number of amides is 1. The van der Waals surface area contributed by atoms with Crippen LogP contribution >= 0.6 is 11.6 Å². The number of anilines is 1. The molecule has 0 aliphatic rings. The molecule has 0 saturated carbocycles. The molecule has 2 aromatic carbocycles. The summed E-state index contributed by atoms with van der Waals surface area (Å²) in [7, 11) is -2.98. The maximum Gasteiger partial charge on any atom is 0.337 e. The van der Waals surface area contributed by atoms with E-state index in [1.807, 2.05) is 0 Å². The Morgan fingerprint density at radius 1 is 1.11 bits per heavy atom. The van der Waals surface area contributed by atoms with Crippen molar-refractivity contribution in [1.29, 1.82) is 0 Å². The normalized spacial score (nSPS) is 11.1. The Hall–Kier alpha value is -2.58. The Kier molecular flexibility index (Phi) is 6.45. The molecule has 0 aliphatic carbocycles. The van der Waals surface area contributed by atoms with E-state index in [2.05, 4.69) is 14.8 Å². The first-order valence-corrected chi connectivity index (χ1v) is 9.82. The molecule has 2 aromatic rings. The van der Waals surface area contributed by atoms with Gasteiger partial charge < -0.3 is 10.1 Å². The first-order chi connectivity index (χ1) is 12.7. The molecule has 27 heavy (non-hydrogen) atoms. The van der Waals surface area contributed by atoms with Gasteiger partial charge in [-0.2, -0.15) is 0 Å². The number of benzene rings is 2. The summed E-state index contributed by atoms with van der Waals surface area (Å²) in [5, 5.41) is 2.64. The van der Waals surface area contributed by atoms with Crippen LogP contribution in [0.3, 0.4) is 0 Å². The number of halogens is 1. The second kappa shape index (κ2) is 8.41. The lowest BCUT2D eigenvalue weighted by Crippen LogP contribution is -2.31. The standard InChI is InChI=1S/C18H19ClN2O5S/c1-11(2)20-17(22)13-6-4-5-7-15(13)21-27(24,25)16-10-12(18(23)26-3)8-9-14(16)19/h4-11,21H,1-3H3,(H,20,22). The fourth-order valence-corrected chi connectivity index (χ4v) is 3.87. The van der Waals surface area contributed by atoms with Gasteiger partial charge in [-0.15, -0.1) is 0 Å². The number of nitrogens with one attached hydrogen (secondary N) is 2. The van der Waals surface area contributed by atoms with Crippen molar-refractivity contribution in [2.75, 3.05) is 11.8 Å². The van der Waals surface area contributed by atoms with Crippen LogP contribution in [0.15, 0.2) is 47.4 Å². The highest BCUT2D eigenvalue weighted by atomic mass is 35.5. The van der Waals surface area contributed by atoms with Crippen molar-refractivity contribution in [2.45, 2.75) is 24.8 Å². The molecule has 144 valence electrons. The number of rotatable bonds is 6. The minimum absolute atomic E-state index is 0.0353. The molecule has 0 aromatic heterocycles. The maximum atomic E-state index is 12.8. The van der Waals surface area contributed by atoms with Crippen molar-refractivity contribution in [3.8, 4) is 0 Å². The number of methoxy groups -OCH3 is 1. The van der Waals surface area contributed by atoms with Gasteiger partial charge in [0.25, 0.3) is 15.9 Å². The predicted molar refractivity (Wildman–Crippen MR) is 103 cm³/mol. The van der Waals surface area contributed by atoms with E-state index in [0.717, 1.165) is 6.07 Å². The van der Waals surface area contributed by atoms with E-state index in [1.54, 1.807) is 26.0 Å². The topological polar surface area (TPSA) is 102 Å². The van der Waals surface area contributed by atoms with Crippen LogP contribution in [0.1, 0.15) is 34.6 Å². The lowest BCUT2D eigenvalue weighted by atomic mass is 10.1. The molecule has 0 saturated heterocycles. The molecule has 0 aliphatic heterocycles. The summed E-state index contributed by atoms with van der Waals surface area (Å²) >= 11 is 6.02. The second-order valence-electron chi connectivity index (χ2n) is 5.92. The number of hydrogen-bond donors (Lipinski definition) is 2. The van der Waals surface area contributed by atoms with Crippen LogP contribution in [-0.2, 0) is 14.8 Å². The first kappa shape index (κ1) is 20.7. The number of esters is 1. The lowest BCUT2D eigenvalue weighted by Gasteiger charge is -2.15. The third kappa shape index (κ3) is 4.99. The minimum Gasteiger partial charge on any atom is -0.465 e. The molecule has 0 heterocycles. The molecule has 0 unspecified atom stereocenters. The van der Waals surface area contributed by atoms with Crippen molar-refractivity contribution in [1.82, 2.24) is 5.32 Å². The number of carbonyl (C=O) groups is 2. The second-order valence-corrected chi connectivity index (χ2v) is 7.97. The number of carbonyl (C=O) groups excluding carboxylic acids is 2. The van der Waals surface area contributed by atoms with Crippen LogP contribution in [0, 0.1) is 0 Å². The Morgan fingerprint density at radius 2 is 1.78 bits per heavy atom. The Balaban J connectivity index is 2.44. The lowest BCUT2D eigenvalue weighted by molar-refractivity contribution is 0.0600. The van der Waals surface area contributed by atoms with E-state index < -0.39 is 21.9 Å². The molecule has 2 N–H and O–H groups in total. The van der Waals surface area contributed by atoms with Gasteiger partial charge >= 0.3 is 5.97 Å². The van der Waals surface area contributed by atoms with E-state index in [9.17, 15) is 18.0 Å². The zero-order valence-electron chi connectivity index (χ0n) is 14.9. The van der Waals surface area contributed by atoms with Crippen molar-refractivity contribution >= 4 is 39.2 Å². The average Bonchev–Trinajstić information content (AvgIpc) is 2.60. The van der Waals surface area contributed by atoms with E-state index in [1.165, 1.54) is 31.4 Å². The van der Waals surface area contributed by atoms with E-state index in [4.69, 9.17) is 11.6 Å². The van der Waals surface area contributed by atoms with Gasteiger partial charge in [0.1, 0.15) is 4.90 Å². The van der Waals surface area contributed by atoms with Crippen LogP contribution in [0.2, 0.25) is 5.02 Å². The molecule has 0 radical (unpaired) electrons.